The number of ether oxygens (including phenoxy) is 3. The molecule has 1 aromatic carbocycles. The summed E-state index contributed by atoms with van der Waals surface area (Å²) in [5.41, 5.74) is 1.29. The third kappa shape index (κ3) is 7.66. The molecule has 1 fully saturated rings. The minimum Gasteiger partial charge on any atom is -0.491 e. The van der Waals surface area contributed by atoms with E-state index in [1.807, 2.05) is 12.1 Å². The van der Waals surface area contributed by atoms with Crippen LogP contribution in [0.25, 0.3) is 0 Å². The first-order valence-corrected chi connectivity index (χ1v) is 10.1. The van der Waals surface area contributed by atoms with Crippen LogP contribution in [0.5, 0.6) is 5.75 Å². The molecule has 1 heterocycles. The van der Waals surface area contributed by atoms with Crippen LogP contribution < -0.4 is 4.74 Å². The average molecular weight is 395 g/mol. The number of nitrogens with zero attached hydrogens (tertiary/aromatic N) is 2. The number of hydrogen-bond donors (Lipinski definition) is 1. The molecule has 2 rings (SSSR count). The Kier molecular flexibility index (Phi) is 9.54. The van der Waals surface area contributed by atoms with E-state index in [1.165, 1.54) is 5.56 Å². The van der Waals surface area contributed by atoms with Gasteiger partial charge in [-0.2, -0.15) is 0 Å². The van der Waals surface area contributed by atoms with Gasteiger partial charge in [0.25, 0.3) is 0 Å². The number of aliphatic hydroxyl groups is 1. The van der Waals surface area contributed by atoms with Gasteiger partial charge in [-0.3, -0.25) is 4.90 Å². The number of amides is 1. The lowest BCUT2D eigenvalue weighted by Crippen LogP contribution is -2.51. The average Bonchev–Trinajstić information content (AvgIpc) is 2.69. The molecule has 28 heavy (non-hydrogen) atoms. The summed E-state index contributed by atoms with van der Waals surface area (Å²) >= 11 is 0. The van der Waals surface area contributed by atoms with Crippen molar-refractivity contribution in [3.05, 3.63) is 29.8 Å². The number of carbonyl (C=O) groups excluding carboxylic acids is 1. The number of aliphatic hydroxyl groups excluding tert-OH is 1. The Labute approximate surface area is 168 Å². The van der Waals surface area contributed by atoms with Gasteiger partial charge in [-0.25, -0.2) is 4.79 Å². The van der Waals surface area contributed by atoms with Gasteiger partial charge in [-0.15, -0.1) is 0 Å². The molecule has 1 saturated heterocycles. The highest BCUT2D eigenvalue weighted by atomic mass is 16.6. The van der Waals surface area contributed by atoms with Crippen molar-refractivity contribution < 1.29 is 24.1 Å². The van der Waals surface area contributed by atoms with E-state index in [9.17, 15) is 9.90 Å². The van der Waals surface area contributed by atoms with Crippen molar-refractivity contribution in [1.29, 1.82) is 0 Å². The van der Waals surface area contributed by atoms with E-state index in [-0.39, 0.29) is 12.7 Å². The SMILES string of the molecule is CCOC(=O)N1CCN(C[C@@H](O)COCCOc2ccc(C(C)C)cc2)CC1. The van der Waals surface area contributed by atoms with Crippen LogP contribution in [0.2, 0.25) is 0 Å². The fourth-order valence-electron chi connectivity index (χ4n) is 3.07. The molecule has 1 aliphatic rings. The molecule has 0 aromatic heterocycles. The lowest BCUT2D eigenvalue weighted by atomic mass is 10.0. The summed E-state index contributed by atoms with van der Waals surface area (Å²) in [5.74, 6) is 1.33. The van der Waals surface area contributed by atoms with E-state index in [2.05, 4.69) is 30.9 Å². The maximum atomic E-state index is 11.7. The Balaban J connectivity index is 1.54. The highest BCUT2D eigenvalue weighted by Crippen LogP contribution is 2.18. The van der Waals surface area contributed by atoms with E-state index >= 15 is 0 Å². The fraction of sp³-hybridized carbons (Fsp3) is 0.667. The summed E-state index contributed by atoms with van der Waals surface area (Å²) < 4.78 is 16.2. The lowest BCUT2D eigenvalue weighted by Gasteiger charge is -2.34. The predicted molar refractivity (Wildman–Crippen MR) is 108 cm³/mol. The Hall–Kier alpha value is -1.83. The van der Waals surface area contributed by atoms with Gasteiger partial charge in [0, 0.05) is 32.7 Å². The number of β-amino-alcohol motifs (C(OH)–C–C–N with tert-alkyl or cyclic N) is 1. The zero-order valence-corrected chi connectivity index (χ0v) is 17.3. The molecule has 1 aliphatic heterocycles. The standard InChI is InChI=1S/C21H34N2O5/c1-4-27-21(25)23-11-9-22(10-12-23)15-19(24)16-26-13-14-28-20-7-5-18(6-8-20)17(2)3/h5-8,17,19,24H,4,9-16H2,1-3H3/t19-/m1/s1. The zero-order chi connectivity index (χ0) is 20.4. The highest BCUT2D eigenvalue weighted by Gasteiger charge is 2.23. The molecular formula is C21H34N2O5. The Morgan fingerprint density at radius 2 is 1.79 bits per heavy atom. The summed E-state index contributed by atoms with van der Waals surface area (Å²) in [6.45, 7) is 10.9. The van der Waals surface area contributed by atoms with E-state index in [0.717, 1.165) is 18.8 Å². The summed E-state index contributed by atoms with van der Waals surface area (Å²) in [6, 6.07) is 8.10. The Morgan fingerprint density at radius 3 is 2.39 bits per heavy atom. The van der Waals surface area contributed by atoms with Crippen LogP contribution >= 0.6 is 0 Å². The largest absolute Gasteiger partial charge is 0.491 e. The first-order chi connectivity index (χ1) is 13.5. The first kappa shape index (κ1) is 22.5. The van der Waals surface area contributed by atoms with Gasteiger partial charge >= 0.3 is 6.09 Å². The molecular weight excluding hydrogens is 360 g/mol. The maximum Gasteiger partial charge on any atom is 0.409 e. The monoisotopic (exact) mass is 394 g/mol. The normalized spacial score (nSPS) is 16.2. The number of carbonyl (C=O) groups is 1. The van der Waals surface area contributed by atoms with E-state index < -0.39 is 6.10 Å². The molecule has 0 saturated carbocycles. The third-order valence-electron chi connectivity index (χ3n) is 4.72. The second kappa shape index (κ2) is 11.9. The van der Waals surface area contributed by atoms with Gasteiger partial charge in [0.1, 0.15) is 12.4 Å². The fourth-order valence-corrected chi connectivity index (χ4v) is 3.07. The Morgan fingerprint density at radius 1 is 1.11 bits per heavy atom. The van der Waals surface area contributed by atoms with Gasteiger partial charge in [-0.1, -0.05) is 26.0 Å². The highest BCUT2D eigenvalue weighted by molar-refractivity contribution is 5.67. The van der Waals surface area contributed by atoms with Crippen molar-refractivity contribution in [2.75, 3.05) is 59.2 Å². The quantitative estimate of drug-likeness (QED) is 0.614. The van der Waals surface area contributed by atoms with Crippen LogP contribution in [0, 0.1) is 0 Å². The minimum atomic E-state index is -0.556. The first-order valence-electron chi connectivity index (χ1n) is 10.1. The van der Waals surface area contributed by atoms with Crippen LogP contribution in [-0.4, -0.2) is 86.3 Å². The van der Waals surface area contributed by atoms with Crippen LogP contribution in [0.3, 0.4) is 0 Å². The van der Waals surface area contributed by atoms with Crippen molar-refractivity contribution in [2.45, 2.75) is 32.8 Å². The number of rotatable bonds is 10. The van der Waals surface area contributed by atoms with Crippen molar-refractivity contribution >= 4 is 6.09 Å². The van der Waals surface area contributed by atoms with Crippen molar-refractivity contribution in [3.8, 4) is 5.75 Å². The van der Waals surface area contributed by atoms with Crippen molar-refractivity contribution in [3.63, 3.8) is 0 Å². The molecule has 0 radical (unpaired) electrons. The second-order valence-corrected chi connectivity index (χ2v) is 7.29. The summed E-state index contributed by atoms with van der Waals surface area (Å²) in [4.78, 5) is 15.5. The number of benzene rings is 1. The number of piperazine rings is 1. The van der Waals surface area contributed by atoms with Gasteiger partial charge in [0.15, 0.2) is 0 Å². The van der Waals surface area contributed by atoms with Crippen molar-refractivity contribution in [2.24, 2.45) is 0 Å². The molecule has 1 aromatic rings. The summed E-state index contributed by atoms with van der Waals surface area (Å²) in [7, 11) is 0. The van der Waals surface area contributed by atoms with Crippen LogP contribution in [0.1, 0.15) is 32.3 Å². The van der Waals surface area contributed by atoms with E-state index in [0.29, 0.717) is 45.4 Å². The van der Waals surface area contributed by atoms with Gasteiger partial charge < -0.3 is 24.2 Å². The Bertz CT molecular complexity index is 571. The molecule has 158 valence electrons. The topological polar surface area (TPSA) is 71.5 Å². The van der Waals surface area contributed by atoms with E-state index in [4.69, 9.17) is 14.2 Å². The van der Waals surface area contributed by atoms with Gasteiger partial charge in [0.05, 0.1) is 25.9 Å². The molecule has 0 aliphatic carbocycles. The van der Waals surface area contributed by atoms with E-state index in [1.54, 1.807) is 11.8 Å². The zero-order valence-electron chi connectivity index (χ0n) is 17.3. The summed E-state index contributed by atoms with van der Waals surface area (Å²) in [6.07, 6.45) is -0.815. The molecule has 0 spiro atoms. The van der Waals surface area contributed by atoms with Crippen LogP contribution in [-0.2, 0) is 9.47 Å². The van der Waals surface area contributed by atoms with Gasteiger partial charge in [0.2, 0.25) is 0 Å². The molecule has 0 bridgehead atoms. The van der Waals surface area contributed by atoms with Gasteiger partial charge in [-0.05, 0) is 30.5 Å². The van der Waals surface area contributed by atoms with Crippen LogP contribution in [0.4, 0.5) is 4.79 Å². The smallest absolute Gasteiger partial charge is 0.409 e. The maximum absolute atomic E-state index is 11.7. The second-order valence-electron chi connectivity index (χ2n) is 7.29. The summed E-state index contributed by atoms with van der Waals surface area (Å²) in [5, 5.41) is 10.1. The lowest BCUT2D eigenvalue weighted by molar-refractivity contribution is -0.0000940. The molecule has 0 unspecified atom stereocenters. The third-order valence-corrected chi connectivity index (χ3v) is 4.72. The molecule has 7 nitrogen and oxygen atoms in total. The number of hydrogen-bond acceptors (Lipinski definition) is 6. The molecule has 1 atom stereocenters. The minimum absolute atomic E-state index is 0.259. The molecule has 1 amide bonds. The molecule has 1 N–H and O–H groups in total. The van der Waals surface area contributed by atoms with Crippen LogP contribution in [0.15, 0.2) is 24.3 Å². The predicted octanol–water partition coefficient (Wildman–Crippen LogP) is 2.34. The molecule has 7 heteroatoms. The van der Waals surface area contributed by atoms with Crippen molar-refractivity contribution in [1.82, 2.24) is 9.80 Å².